The molecule has 0 fully saturated rings. The third-order valence-electron chi connectivity index (χ3n) is 5.76. The number of carbonyl (C=O) groups excluding carboxylic acids is 2. The van der Waals surface area contributed by atoms with Crippen LogP contribution < -0.4 is 10.6 Å². The zero-order chi connectivity index (χ0) is 24.4. The Hall–Kier alpha value is -3.97. The van der Waals surface area contributed by atoms with Gasteiger partial charge in [0.05, 0.1) is 11.3 Å². The maximum atomic E-state index is 15.3. The van der Waals surface area contributed by atoms with Crippen molar-refractivity contribution in [3.63, 3.8) is 0 Å². The highest BCUT2D eigenvalue weighted by Crippen LogP contribution is 2.41. The zero-order valence-corrected chi connectivity index (χ0v) is 19.3. The average molecular weight is 487 g/mol. The standard InChI is InChI=1S/C28H20F2N2O2S/c29-21-16-23-26(32-27(33)20-8-4-5-9-22(20)35-23)25(30)24(21)28(34)31-15-14-17-10-12-19(13-11-17)18-6-2-1-3-7-18/h1-13,16H,14-15H2,(H,31,34)(H,32,33). The molecule has 0 aromatic heterocycles. The highest BCUT2D eigenvalue weighted by molar-refractivity contribution is 7.99. The smallest absolute Gasteiger partial charge is 0.257 e. The molecule has 35 heavy (non-hydrogen) atoms. The lowest BCUT2D eigenvalue weighted by Crippen LogP contribution is -2.28. The molecule has 1 heterocycles. The van der Waals surface area contributed by atoms with E-state index in [2.05, 4.69) is 10.6 Å². The van der Waals surface area contributed by atoms with Crippen LogP contribution in [0.5, 0.6) is 0 Å². The van der Waals surface area contributed by atoms with Crippen molar-refractivity contribution in [3.8, 4) is 11.1 Å². The number of fused-ring (bicyclic) bond motifs is 2. The Bertz CT molecular complexity index is 1420. The normalized spacial score (nSPS) is 12.2. The minimum Gasteiger partial charge on any atom is -0.352 e. The van der Waals surface area contributed by atoms with Crippen LogP contribution >= 0.6 is 11.8 Å². The van der Waals surface area contributed by atoms with Crippen LogP contribution in [0.15, 0.2) is 94.7 Å². The Morgan fingerprint density at radius 3 is 2.31 bits per heavy atom. The van der Waals surface area contributed by atoms with Gasteiger partial charge in [-0.25, -0.2) is 8.78 Å². The van der Waals surface area contributed by atoms with Crippen LogP contribution in [-0.4, -0.2) is 18.4 Å². The van der Waals surface area contributed by atoms with E-state index in [-0.39, 0.29) is 17.1 Å². The van der Waals surface area contributed by atoms with Gasteiger partial charge in [-0.15, -0.1) is 0 Å². The van der Waals surface area contributed by atoms with Crippen molar-refractivity contribution in [2.24, 2.45) is 0 Å². The molecule has 1 aliphatic heterocycles. The number of carbonyl (C=O) groups is 2. The molecule has 0 spiro atoms. The minimum atomic E-state index is -1.08. The zero-order valence-electron chi connectivity index (χ0n) is 18.5. The van der Waals surface area contributed by atoms with Crippen LogP contribution in [0, 0.1) is 11.6 Å². The molecule has 5 rings (SSSR count). The molecule has 0 saturated heterocycles. The maximum absolute atomic E-state index is 15.3. The summed E-state index contributed by atoms with van der Waals surface area (Å²) in [4.78, 5) is 26.0. The first kappa shape index (κ1) is 22.8. The Morgan fingerprint density at radius 2 is 1.54 bits per heavy atom. The first-order chi connectivity index (χ1) is 17.0. The van der Waals surface area contributed by atoms with Crippen LogP contribution in [0.2, 0.25) is 0 Å². The number of amides is 2. The van der Waals surface area contributed by atoms with Gasteiger partial charge in [-0.2, -0.15) is 0 Å². The molecule has 174 valence electrons. The number of anilines is 1. The Balaban J connectivity index is 1.29. The van der Waals surface area contributed by atoms with E-state index in [0.717, 1.165) is 34.5 Å². The van der Waals surface area contributed by atoms with Crippen molar-refractivity contribution >= 4 is 29.3 Å². The number of hydrogen-bond donors (Lipinski definition) is 2. The molecule has 0 bridgehead atoms. The quantitative estimate of drug-likeness (QED) is 0.347. The van der Waals surface area contributed by atoms with Crippen LogP contribution in [-0.2, 0) is 6.42 Å². The summed E-state index contributed by atoms with van der Waals surface area (Å²) >= 11 is 1.08. The number of benzene rings is 4. The highest BCUT2D eigenvalue weighted by Gasteiger charge is 2.28. The fourth-order valence-electron chi connectivity index (χ4n) is 3.95. The van der Waals surface area contributed by atoms with Gasteiger partial charge in [0.15, 0.2) is 5.82 Å². The van der Waals surface area contributed by atoms with Gasteiger partial charge in [0, 0.05) is 16.3 Å². The van der Waals surface area contributed by atoms with Crippen LogP contribution in [0.25, 0.3) is 11.1 Å². The van der Waals surface area contributed by atoms with Crippen LogP contribution in [0.4, 0.5) is 14.5 Å². The molecule has 2 amide bonds. The molecule has 4 nitrogen and oxygen atoms in total. The van der Waals surface area contributed by atoms with E-state index in [0.29, 0.717) is 16.9 Å². The molecule has 4 aromatic rings. The maximum Gasteiger partial charge on any atom is 0.257 e. The topological polar surface area (TPSA) is 58.2 Å². The number of rotatable bonds is 5. The van der Waals surface area contributed by atoms with Crippen molar-refractivity contribution in [1.29, 1.82) is 0 Å². The largest absolute Gasteiger partial charge is 0.352 e. The molecule has 1 aliphatic rings. The van der Waals surface area contributed by atoms with Crippen molar-refractivity contribution in [1.82, 2.24) is 5.32 Å². The predicted molar refractivity (Wildman–Crippen MR) is 133 cm³/mol. The molecule has 0 unspecified atom stereocenters. The Kier molecular flexibility index (Phi) is 6.33. The molecular weight excluding hydrogens is 466 g/mol. The van der Waals surface area contributed by atoms with Crippen LogP contribution in [0.3, 0.4) is 0 Å². The summed E-state index contributed by atoms with van der Waals surface area (Å²) in [6, 6.07) is 25.7. The summed E-state index contributed by atoms with van der Waals surface area (Å²) in [6.45, 7) is 0.200. The third-order valence-corrected chi connectivity index (χ3v) is 6.88. The first-order valence-electron chi connectivity index (χ1n) is 11.0. The Morgan fingerprint density at radius 1 is 0.857 bits per heavy atom. The van der Waals surface area contributed by atoms with Gasteiger partial charge in [-0.05, 0) is 41.3 Å². The highest BCUT2D eigenvalue weighted by atomic mass is 32.2. The molecule has 0 aliphatic carbocycles. The molecule has 0 radical (unpaired) electrons. The summed E-state index contributed by atoms with van der Waals surface area (Å²) in [5, 5.41) is 5.08. The van der Waals surface area contributed by atoms with Gasteiger partial charge in [0.25, 0.3) is 11.8 Å². The monoisotopic (exact) mass is 486 g/mol. The molecule has 0 atom stereocenters. The van der Waals surface area contributed by atoms with Gasteiger partial charge in [-0.3, -0.25) is 9.59 Å². The second-order valence-corrected chi connectivity index (χ2v) is 9.13. The van der Waals surface area contributed by atoms with Crippen LogP contribution in [0.1, 0.15) is 26.3 Å². The number of hydrogen-bond acceptors (Lipinski definition) is 3. The SMILES string of the molecule is O=C1Nc2c(cc(F)c(C(=O)NCCc3ccc(-c4ccccc4)cc3)c2F)Sc2ccccc21. The van der Waals surface area contributed by atoms with E-state index in [9.17, 15) is 14.0 Å². The van der Waals surface area contributed by atoms with Crippen molar-refractivity contribution in [3.05, 3.63) is 113 Å². The van der Waals surface area contributed by atoms with Crippen molar-refractivity contribution < 1.29 is 18.4 Å². The summed E-state index contributed by atoms with van der Waals surface area (Å²) in [5.41, 5.74) is 2.62. The lowest BCUT2D eigenvalue weighted by molar-refractivity contribution is 0.0943. The molecule has 4 aromatic carbocycles. The lowest BCUT2D eigenvalue weighted by atomic mass is 10.0. The van der Waals surface area contributed by atoms with Gasteiger partial charge in [0.2, 0.25) is 0 Å². The van der Waals surface area contributed by atoms with E-state index < -0.39 is 29.0 Å². The van der Waals surface area contributed by atoms with Crippen molar-refractivity contribution in [2.45, 2.75) is 16.2 Å². The Labute approximate surface area is 205 Å². The third kappa shape index (κ3) is 4.68. The number of halogens is 2. The average Bonchev–Trinajstić information content (AvgIpc) is 3.01. The fraction of sp³-hybridized carbons (Fsp3) is 0.0714. The second kappa shape index (κ2) is 9.72. The lowest BCUT2D eigenvalue weighted by Gasteiger charge is -2.13. The molecule has 2 N–H and O–H groups in total. The molecule has 0 saturated carbocycles. The first-order valence-corrected chi connectivity index (χ1v) is 11.9. The van der Waals surface area contributed by atoms with Gasteiger partial charge in [0.1, 0.15) is 11.4 Å². The summed E-state index contributed by atoms with van der Waals surface area (Å²) in [7, 11) is 0. The number of nitrogens with one attached hydrogen (secondary N) is 2. The van der Waals surface area contributed by atoms with E-state index >= 15 is 4.39 Å². The molecular formula is C28H20F2N2O2S. The van der Waals surface area contributed by atoms with E-state index in [4.69, 9.17) is 0 Å². The van der Waals surface area contributed by atoms with E-state index in [1.54, 1.807) is 24.3 Å². The predicted octanol–water partition coefficient (Wildman–Crippen LogP) is 6.32. The van der Waals surface area contributed by atoms with Gasteiger partial charge in [-0.1, -0.05) is 78.5 Å². The fourth-order valence-corrected chi connectivity index (χ4v) is 5.01. The van der Waals surface area contributed by atoms with E-state index in [1.165, 1.54) is 0 Å². The summed E-state index contributed by atoms with van der Waals surface area (Å²) < 4.78 is 30.1. The summed E-state index contributed by atoms with van der Waals surface area (Å²) in [5.74, 6) is -3.45. The second-order valence-electron chi connectivity index (χ2n) is 8.04. The van der Waals surface area contributed by atoms with Gasteiger partial charge >= 0.3 is 0 Å². The van der Waals surface area contributed by atoms with Gasteiger partial charge < -0.3 is 10.6 Å². The summed E-state index contributed by atoms with van der Waals surface area (Å²) in [6.07, 6.45) is 0.497. The van der Waals surface area contributed by atoms with Crippen molar-refractivity contribution in [2.75, 3.05) is 11.9 Å². The van der Waals surface area contributed by atoms with E-state index in [1.807, 2.05) is 54.6 Å². The molecule has 7 heteroatoms. The minimum absolute atomic E-state index is 0.195.